The first kappa shape index (κ1) is 18.3. The van der Waals surface area contributed by atoms with Gasteiger partial charge in [-0.1, -0.05) is 37.3 Å². The van der Waals surface area contributed by atoms with Gasteiger partial charge in [-0.05, 0) is 50.6 Å². The molecular weight excluding hydrogens is 301 g/mol. The van der Waals surface area contributed by atoms with Crippen molar-refractivity contribution >= 4 is 5.78 Å². The van der Waals surface area contributed by atoms with Crippen LogP contribution in [0.15, 0.2) is 54.6 Å². The van der Waals surface area contributed by atoms with Crippen LogP contribution >= 0.6 is 0 Å². The SMILES string of the molecule is CC(CN(Cc1ccccc1)C(C)(C)C)C(=O)c1ccc(F)cc1. The first-order chi connectivity index (χ1) is 11.3. The molecule has 0 radical (unpaired) electrons. The van der Waals surface area contributed by atoms with Gasteiger partial charge in [0.05, 0.1) is 0 Å². The highest BCUT2D eigenvalue weighted by atomic mass is 19.1. The fourth-order valence-corrected chi connectivity index (χ4v) is 2.69. The topological polar surface area (TPSA) is 20.3 Å². The maximum absolute atomic E-state index is 13.0. The summed E-state index contributed by atoms with van der Waals surface area (Å²) in [4.78, 5) is 14.9. The fraction of sp³-hybridized carbons (Fsp3) is 0.381. The van der Waals surface area contributed by atoms with Gasteiger partial charge in [0.2, 0.25) is 0 Å². The molecule has 128 valence electrons. The molecule has 2 aromatic rings. The Morgan fingerprint density at radius 1 is 1.04 bits per heavy atom. The quantitative estimate of drug-likeness (QED) is 0.700. The molecule has 0 N–H and O–H groups in total. The number of hydrogen-bond donors (Lipinski definition) is 0. The molecule has 0 aliphatic rings. The van der Waals surface area contributed by atoms with Crippen LogP contribution in [0.25, 0.3) is 0 Å². The highest BCUT2D eigenvalue weighted by Gasteiger charge is 2.26. The number of Topliss-reactive ketones (excluding diaryl/α,β-unsaturated/α-hetero) is 1. The molecule has 0 aliphatic heterocycles. The molecule has 24 heavy (non-hydrogen) atoms. The molecule has 2 aromatic carbocycles. The van der Waals surface area contributed by atoms with Crippen molar-refractivity contribution in [3.8, 4) is 0 Å². The zero-order valence-corrected chi connectivity index (χ0v) is 14.9. The van der Waals surface area contributed by atoms with Gasteiger partial charge >= 0.3 is 0 Å². The summed E-state index contributed by atoms with van der Waals surface area (Å²) in [6.07, 6.45) is 0. The molecule has 0 fully saturated rings. The molecule has 2 rings (SSSR count). The predicted octanol–water partition coefficient (Wildman–Crippen LogP) is 4.95. The van der Waals surface area contributed by atoms with E-state index >= 15 is 0 Å². The normalized spacial score (nSPS) is 13.1. The summed E-state index contributed by atoms with van der Waals surface area (Å²) in [7, 11) is 0. The Morgan fingerprint density at radius 3 is 2.17 bits per heavy atom. The maximum Gasteiger partial charge on any atom is 0.166 e. The molecule has 1 unspecified atom stereocenters. The van der Waals surface area contributed by atoms with Gasteiger partial charge in [-0.25, -0.2) is 4.39 Å². The van der Waals surface area contributed by atoms with Gasteiger partial charge in [0.25, 0.3) is 0 Å². The summed E-state index contributed by atoms with van der Waals surface area (Å²) in [6.45, 7) is 9.87. The Labute approximate surface area is 144 Å². The summed E-state index contributed by atoms with van der Waals surface area (Å²) in [6, 6.07) is 16.1. The Hall–Kier alpha value is -2.00. The second-order valence-corrected chi connectivity index (χ2v) is 7.31. The molecular formula is C21H26FNO. The van der Waals surface area contributed by atoms with E-state index in [1.165, 1.54) is 17.7 Å². The van der Waals surface area contributed by atoms with Crippen LogP contribution in [0.3, 0.4) is 0 Å². The fourth-order valence-electron chi connectivity index (χ4n) is 2.69. The number of carbonyl (C=O) groups is 1. The second-order valence-electron chi connectivity index (χ2n) is 7.31. The molecule has 2 nitrogen and oxygen atoms in total. The third-order valence-corrected chi connectivity index (χ3v) is 4.24. The third kappa shape index (κ3) is 5.00. The summed E-state index contributed by atoms with van der Waals surface area (Å²) in [5.74, 6) is -0.421. The van der Waals surface area contributed by atoms with Crippen LogP contribution in [0.1, 0.15) is 43.6 Å². The number of halogens is 1. The summed E-state index contributed by atoms with van der Waals surface area (Å²) in [5, 5.41) is 0. The monoisotopic (exact) mass is 327 g/mol. The van der Waals surface area contributed by atoms with Crippen LogP contribution in [0, 0.1) is 11.7 Å². The molecule has 0 saturated heterocycles. The van der Waals surface area contributed by atoms with Gasteiger partial charge in [0, 0.05) is 30.1 Å². The maximum atomic E-state index is 13.0. The standard InChI is InChI=1S/C21H26FNO/c1-16(20(24)18-10-12-19(22)13-11-18)14-23(21(2,3)4)15-17-8-6-5-7-9-17/h5-13,16H,14-15H2,1-4H3. The predicted molar refractivity (Wildman–Crippen MR) is 96.5 cm³/mol. The van der Waals surface area contributed by atoms with Crippen molar-refractivity contribution in [1.29, 1.82) is 0 Å². The van der Waals surface area contributed by atoms with E-state index in [4.69, 9.17) is 0 Å². The van der Waals surface area contributed by atoms with Crippen molar-refractivity contribution in [2.24, 2.45) is 5.92 Å². The molecule has 0 aromatic heterocycles. The van der Waals surface area contributed by atoms with E-state index in [-0.39, 0.29) is 23.1 Å². The number of benzene rings is 2. The lowest BCUT2D eigenvalue weighted by Gasteiger charge is -2.37. The lowest BCUT2D eigenvalue weighted by molar-refractivity contribution is 0.0776. The Kier molecular flexibility index (Phi) is 5.89. The minimum atomic E-state index is -0.320. The van der Waals surface area contributed by atoms with E-state index in [0.717, 1.165) is 6.54 Å². The minimum absolute atomic E-state index is 0.0484. The molecule has 1 atom stereocenters. The van der Waals surface area contributed by atoms with Gasteiger partial charge in [-0.3, -0.25) is 9.69 Å². The van der Waals surface area contributed by atoms with Crippen molar-refractivity contribution in [2.75, 3.05) is 6.54 Å². The van der Waals surface area contributed by atoms with Crippen molar-refractivity contribution < 1.29 is 9.18 Å². The van der Waals surface area contributed by atoms with E-state index in [0.29, 0.717) is 12.1 Å². The minimum Gasteiger partial charge on any atom is -0.294 e. The van der Waals surface area contributed by atoms with E-state index in [2.05, 4.69) is 37.8 Å². The molecule has 0 bridgehead atoms. The first-order valence-electron chi connectivity index (χ1n) is 8.36. The van der Waals surface area contributed by atoms with Crippen LogP contribution in [-0.2, 0) is 6.54 Å². The second kappa shape index (κ2) is 7.71. The first-order valence-corrected chi connectivity index (χ1v) is 8.36. The summed E-state index contributed by atoms with van der Waals surface area (Å²) >= 11 is 0. The van der Waals surface area contributed by atoms with Crippen LogP contribution < -0.4 is 0 Å². The number of hydrogen-bond acceptors (Lipinski definition) is 2. The van der Waals surface area contributed by atoms with Crippen LogP contribution in [-0.4, -0.2) is 22.8 Å². The van der Waals surface area contributed by atoms with E-state index in [1.54, 1.807) is 12.1 Å². The van der Waals surface area contributed by atoms with Crippen molar-refractivity contribution in [3.05, 3.63) is 71.5 Å². The van der Waals surface area contributed by atoms with E-state index in [9.17, 15) is 9.18 Å². The van der Waals surface area contributed by atoms with Crippen molar-refractivity contribution in [3.63, 3.8) is 0 Å². The number of nitrogens with zero attached hydrogens (tertiary/aromatic N) is 1. The highest BCUT2D eigenvalue weighted by molar-refractivity contribution is 5.97. The lowest BCUT2D eigenvalue weighted by Crippen LogP contribution is -2.44. The van der Waals surface area contributed by atoms with E-state index < -0.39 is 0 Å². The molecule has 0 amide bonds. The number of carbonyl (C=O) groups excluding carboxylic acids is 1. The van der Waals surface area contributed by atoms with Crippen molar-refractivity contribution in [1.82, 2.24) is 4.90 Å². The van der Waals surface area contributed by atoms with Gasteiger partial charge in [-0.15, -0.1) is 0 Å². The number of ketones is 1. The molecule has 0 heterocycles. The summed E-state index contributed by atoms with van der Waals surface area (Å²) in [5.41, 5.74) is 1.75. The van der Waals surface area contributed by atoms with Gasteiger partial charge in [-0.2, -0.15) is 0 Å². The zero-order valence-electron chi connectivity index (χ0n) is 14.9. The van der Waals surface area contributed by atoms with Crippen LogP contribution in [0.4, 0.5) is 4.39 Å². The average Bonchev–Trinajstić information content (AvgIpc) is 2.54. The van der Waals surface area contributed by atoms with Crippen molar-refractivity contribution in [2.45, 2.75) is 39.8 Å². The molecule has 0 saturated carbocycles. The average molecular weight is 327 g/mol. The molecule has 3 heteroatoms. The highest BCUT2D eigenvalue weighted by Crippen LogP contribution is 2.21. The Bertz CT molecular complexity index is 658. The molecule has 0 spiro atoms. The lowest BCUT2D eigenvalue weighted by atomic mass is 9.95. The Morgan fingerprint density at radius 2 is 1.62 bits per heavy atom. The number of rotatable bonds is 6. The smallest absolute Gasteiger partial charge is 0.166 e. The van der Waals surface area contributed by atoms with Gasteiger partial charge in [0.15, 0.2) is 5.78 Å². The zero-order chi connectivity index (χ0) is 17.7. The third-order valence-electron chi connectivity index (χ3n) is 4.24. The van der Waals surface area contributed by atoms with Gasteiger partial charge < -0.3 is 0 Å². The van der Waals surface area contributed by atoms with Crippen LogP contribution in [0.5, 0.6) is 0 Å². The largest absolute Gasteiger partial charge is 0.294 e. The van der Waals surface area contributed by atoms with Gasteiger partial charge in [0.1, 0.15) is 5.82 Å². The summed E-state index contributed by atoms with van der Waals surface area (Å²) < 4.78 is 13.0. The molecule has 0 aliphatic carbocycles. The van der Waals surface area contributed by atoms with Crippen LogP contribution in [0.2, 0.25) is 0 Å². The Balaban J connectivity index is 2.10. The van der Waals surface area contributed by atoms with E-state index in [1.807, 2.05) is 25.1 Å².